The van der Waals surface area contributed by atoms with Crippen LogP contribution in [0.3, 0.4) is 0 Å². The number of hydrogen-bond acceptors (Lipinski definition) is 3. The number of sulfonamides is 1. The number of hydrazone groups is 1. The minimum Gasteiger partial charge on any atom is -0.342 e. The van der Waals surface area contributed by atoms with Crippen LogP contribution in [0.5, 0.6) is 0 Å². The highest BCUT2D eigenvalue weighted by molar-refractivity contribution is 7.89. The van der Waals surface area contributed by atoms with E-state index in [0.717, 1.165) is 27.6 Å². The lowest BCUT2D eigenvalue weighted by atomic mass is 9.87. The first-order valence-electron chi connectivity index (χ1n) is 10.7. The number of nitrogens with zero attached hydrogens (tertiary/aromatic N) is 2. The van der Waals surface area contributed by atoms with Crippen LogP contribution in [0, 0.1) is 5.82 Å². The summed E-state index contributed by atoms with van der Waals surface area (Å²) in [6.45, 7) is 6.64. The van der Waals surface area contributed by atoms with E-state index < -0.39 is 10.0 Å². The zero-order valence-corrected chi connectivity index (χ0v) is 20.7. The van der Waals surface area contributed by atoms with Crippen LogP contribution in [-0.2, 0) is 22.0 Å². The van der Waals surface area contributed by atoms with Crippen LogP contribution in [0.1, 0.15) is 37.5 Å². The fraction of sp³-hybridized carbons (Fsp3) is 0.192. The third-order valence-corrected chi connectivity index (χ3v) is 7.17. The van der Waals surface area contributed by atoms with E-state index in [1.54, 1.807) is 18.2 Å². The van der Waals surface area contributed by atoms with Gasteiger partial charge in [-0.05, 0) is 46.9 Å². The van der Waals surface area contributed by atoms with E-state index >= 15 is 0 Å². The first-order valence-corrected chi connectivity index (χ1v) is 12.6. The Kier molecular flexibility index (Phi) is 6.51. The van der Waals surface area contributed by atoms with Gasteiger partial charge in [0.2, 0.25) is 0 Å². The number of fused-ring (bicyclic) bond motifs is 1. The molecule has 0 unspecified atom stereocenters. The lowest BCUT2D eigenvalue weighted by molar-refractivity contribution is 0.580. The van der Waals surface area contributed by atoms with Gasteiger partial charge in [0.1, 0.15) is 5.82 Å². The number of para-hydroxylation sites is 1. The molecule has 176 valence electrons. The van der Waals surface area contributed by atoms with Crippen molar-refractivity contribution in [1.29, 1.82) is 0 Å². The van der Waals surface area contributed by atoms with Crippen molar-refractivity contribution in [2.75, 3.05) is 0 Å². The van der Waals surface area contributed by atoms with Gasteiger partial charge in [-0.1, -0.05) is 68.8 Å². The van der Waals surface area contributed by atoms with Crippen molar-refractivity contribution >= 4 is 38.7 Å². The summed E-state index contributed by atoms with van der Waals surface area (Å²) in [4.78, 5) is 2.44. The van der Waals surface area contributed by atoms with Crippen LogP contribution in [0.2, 0.25) is 5.02 Å². The van der Waals surface area contributed by atoms with Crippen molar-refractivity contribution in [3.63, 3.8) is 0 Å². The monoisotopic (exact) mass is 497 g/mol. The standard InChI is InChI=1S/C26H25ClFN3O2S/c1-26(2,3)20-9-12-22(13-10-20)34(32,33)30-29-15-19-17-31(25-7-5-4-6-23(19)25)16-18-8-11-21(28)14-24(18)27/h4-15,17,30H,16H2,1-3H3. The fourth-order valence-electron chi connectivity index (χ4n) is 3.69. The molecule has 8 heteroatoms. The van der Waals surface area contributed by atoms with Gasteiger partial charge in [0.15, 0.2) is 0 Å². The Morgan fingerprint density at radius 2 is 1.76 bits per heavy atom. The number of aromatic nitrogens is 1. The van der Waals surface area contributed by atoms with Crippen molar-refractivity contribution in [1.82, 2.24) is 9.40 Å². The third kappa shape index (κ3) is 5.16. The molecule has 1 heterocycles. The molecule has 0 amide bonds. The number of nitrogens with one attached hydrogen (secondary N) is 1. The second-order valence-corrected chi connectivity index (χ2v) is 11.2. The van der Waals surface area contributed by atoms with E-state index in [4.69, 9.17) is 11.6 Å². The Hall–Kier alpha value is -3.16. The summed E-state index contributed by atoms with van der Waals surface area (Å²) in [6.07, 6.45) is 3.34. The third-order valence-electron chi connectivity index (χ3n) is 5.58. The normalized spacial score (nSPS) is 12.5. The van der Waals surface area contributed by atoms with Crippen molar-refractivity contribution in [3.8, 4) is 0 Å². The molecule has 0 saturated heterocycles. The second-order valence-electron chi connectivity index (χ2n) is 9.09. The minimum absolute atomic E-state index is 0.0692. The molecule has 0 fully saturated rings. The maximum atomic E-state index is 13.4. The molecule has 4 aromatic rings. The van der Waals surface area contributed by atoms with Crippen LogP contribution < -0.4 is 4.83 Å². The molecule has 0 aliphatic rings. The molecule has 3 aromatic carbocycles. The van der Waals surface area contributed by atoms with Gasteiger partial charge in [-0.15, -0.1) is 0 Å². The summed E-state index contributed by atoms with van der Waals surface area (Å²) in [6, 6.07) is 18.8. The molecule has 34 heavy (non-hydrogen) atoms. The zero-order valence-electron chi connectivity index (χ0n) is 19.1. The largest absolute Gasteiger partial charge is 0.342 e. The molecule has 0 aliphatic heterocycles. The molecule has 0 bridgehead atoms. The highest BCUT2D eigenvalue weighted by atomic mass is 35.5. The SMILES string of the molecule is CC(C)(C)c1ccc(S(=O)(=O)NN=Cc2cn(Cc3ccc(F)cc3Cl)c3ccccc23)cc1. The van der Waals surface area contributed by atoms with Crippen molar-refractivity contribution in [2.45, 2.75) is 37.6 Å². The summed E-state index contributed by atoms with van der Waals surface area (Å²) >= 11 is 6.21. The number of rotatable bonds is 6. The van der Waals surface area contributed by atoms with E-state index in [9.17, 15) is 12.8 Å². The number of hydrogen-bond donors (Lipinski definition) is 1. The Balaban J connectivity index is 1.58. The zero-order chi connectivity index (χ0) is 24.5. The van der Waals surface area contributed by atoms with Crippen LogP contribution >= 0.6 is 11.6 Å². The van der Waals surface area contributed by atoms with E-state index in [-0.39, 0.29) is 16.1 Å². The van der Waals surface area contributed by atoms with Gasteiger partial charge >= 0.3 is 0 Å². The lowest BCUT2D eigenvalue weighted by Crippen LogP contribution is -2.19. The Labute approximate surface area is 203 Å². The lowest BCUT2D eigenvalue weighted by Gasteiger charge is -2.19. The number of benzene rings is 3. The first-order chi connectivity index (χ1) is 16.0. The molecule has 0 aliphatic carbocycles. The molecule has 4 rings (SSSR count). The molecule has 0 saturated carbocycles. The van der Waals surface area contributed by atoms with Gasteiger partial charge < -0.3 is 4.57 Å². The molecule has 0 radical (unpaired) electrons. The average Bonchev–Trinajstić information content (AvgIpc) is 3.13. The van der Waals surface area contributed by atoms with Crippen LogP contribution in [0.25, 0.3) is 10.9 Å². The maximum Gasteiger partial charge on any atom is 0.276 e. The average molecular weight is 498 g/mol. The Bertz CT molecular complexity index is 1470. The van der Waals surface area contributed by atoms with Crippen molar-refractivity contribution < 1.29 is 12.8 Å². The van der Waals surface area contributed by atoms with Gasteiger partial charge in [-0.2, -0.15) is 13.5 Å². The van der Waals surface area contributed by atoms with Crippen molar-refractivity contribution in [3.05, 3.63) is 100 Å². The summed E-state index contributed by atoms with van der Waals surface area (Å²) in [7, 11) is -3.81. The van der Waals surface area contributed by atoms with E-state index in [1.165, 1.54) is 18.3 Å². The van der Waals surface area contributed by atoms with Gasteiger partial charge in [-0.3, -0.25) is 0 Å². The molecular weight excluding hydrogens is 473 g/mol. The second kappa shape index (κ2) is 9.24. The number of halogens is 2. The smallest absolute Gasteiger partial charge is 0.276 e. The molecule has 0 spiro atoms. The van der Waals surface area contributed by atoms with Gasteiger partial charge in [0.05, 0.1) is 11.1 Å². The summed E-state index contributed by atoms with van der Waals surface area (Å²) in [5, 5.41) is 5.26. The molecule has 5 nitrogen and oxygen atoms in total. The van der Waals surface area contributed by atoms with E-state index in [0.29, 0.717) is 11.6 Å². The van der Waals surface area contributed by atoms with E-state index in [2.05, 4.69) is 30.7 Å². The predicted octanol–water partition coefficient (Wildman–Crippen LogP) is 6.09. The molecular formula is C26H25ClFN3O2S. The predicted molar refractivity (Wildman–Crippen MR) is 136 cm³/mol. The van der Waals surface area contributed by atoms with Crippen LogP contribution in [0.4, 0.5) is 4.39 Å². The fourth-order valence-corrected chi connectivity index (χ4v) is 4.71. The topological polar surface area (TPSA) is 63.5 Å². The van der Waals surface area contributed by atoms with Gasteiger partial charge in [-0.25, -0.2) is 9.22 Å². The van der Waals surface area contributed by atoms with Crippen molar-refractivity contribution in [2.24, 2.45) is 5.10 Å². The quantitative estimate of drug-likeness (QED) is 0.259. The summed E-state index contributed by atoms with van der Waals surface area (Å²) in [5.41, 5.74) is 3.40. The highest BCUT2D eigenvalue weighted by Crippen LogP contribution is 2.25. The van der Waals surface area contributed by atoms with Crippen LogP contribution in [-0.4, -0.2) is 19.2 Å². The molecule has 0 atom stereocenters. The molecule has 1 aromatic heterocycles. The summed E-state index contributed by atoms with van der Waals surface area (Å²) in [5.74, 6) is -0.390. The highest BCUT2D eigenvalue weighted by Gasteiger charge is 2.17. The van der Waals surface area contributed by atoms with Gasteiger partial charge in [0.25, 0.3) is 10.0 Å². The van der Waals surface area contributed by atoms with Crippen LogP contribution in [0.15, 0.2) is 82.9 Å². The van der Waals surface area contributed by atoms with E-state index in [1.807, 2.05) is 47.2 Å². The Morgan fingerprint density at radius 1 is 1.06 bits per heavy atom. The first kappa shape index (κ1) is 24.0. The Morgan fingerprint density at radius 3 is 2.44 bits per heavy atom. The maximum absolute atomic E-state index is 13.4. The minimum atomic E-state index is -3.81. The van der Waals surface area contributed by atoms with Gasteiger partial charge in [0, 0.05) is 34.2 Å². The molecule has 1 N–H and O–H groups in total. The summed E-state index contributed by atoms with van der Waals surface area (Å²) < 4.78 is 40.7.